The van der Waals surface area contributed by atoms with Crippen LogP contribution >= 0.6 is 11.6 Å². The summed E-state index contributed by atoms with van der Waals surface area (Å²) in [6.07, 6.45) is -2.77. The van der Waals surface area contributed by atoms with Crippen molar-refractivity contribution in [1.82, 2.24) is 14.6 Å². The Morgan fingerprint density at radius 1 is 1.05 bits per heavy atom. The van der Waals surface area contributed by atoms with Gasteiger partial charge in [0.1, 0.15) is 0 Å². The lowest BCUT2D eigenvalue weighted by Crippen LogP contribution is -2.04. The number of halogens is 4. The van der Waals surface area contributed by atoms with Crippen LogP contribution in [0.1, 0.15) is 5.56 Å². The Morgan fingerprint density at radius 3 is 2.60 bits per heavy atom. The second-order valence-corrected chi connectivity index (χ2v) is 4.61. The van der Waals surface area contributed by atoms with E-state index in [2.05, 4.69) is 10.2 Å². The average molecular weight is 298 g/mol. The van der Waals surface area contributed by atoms with Crippen molar-refractivity contribution in [2.24, 2.45) is 0 Å². The molecule has 0 atom stereocenters. The topological polar surface area (TPSA) is 30.2 Å². The minimum absolute atomic E-state index is 0.336. The molecule has 7 heteroatoms. The van der Waals surface area contributed by atoms with Gasteiger partial charge in [0, 0.05) is 22.8 Å². The zero-order chi connectivity index (χ0) is 14.3. The number of alkyl halides is 3. The molecular formula is C13H7ClF3N3. The van der Waals surface area contributed by atoms with Gasteiger partial charge >= 0.3 is 6.18 Å². The molecule has 0 N–H and O–H groups in total. The number of nitrogens with zero attached hydrogens (tertiary/aromatic N) is 3. The number of benzene rings is 1. The van der Waals surface area contributed by atoms with E-state index >= 15 is 0 Å². The molecule has 0 aliphatic heterocycles. The van der Waals surface area contributed by atoms with Crippen molar-refractivity contribution >= 4 is 17.2 Å². The van der Waals surface area contributed by atoms with Gasteiger partial charge in [0.15, 0.2) is 11.5 Å². The fraction of sp³-hybridized carbons (Fsp3) is 0.0769. The third kappa shape index (κ3) is 2.22. The van der Waals surface area contributed by atoms with Crippen LogP contribution in [0.2, 0.25) is 5.02 Å². The molecule has 0 aliphatic carbocycles. The molecule has 0 bridgehead atoms. The van der Waals surface area contributed by atoms with Gasteiger partial charge in [0.05, 0.1) is 5.56 Å². The Kier molecular flexibility index (Phi) is 2.90. The highest BCUT2D eigenvalue weighted by Gasteiger charge is 2.30. The first-order valence-corrected chi connectivity index (χ1v) is 6.01. The van der Waals surface area contributed by atoms with Crippen LogP contribution in [0.15, 0.2) is 42.6 Å². The second kappa shape index (κ2) is 4.49. The van der Waals surface area contributed by atoms with E-state index in [1.165, 1.54) is 6.07 Å². The molecule has 3 nitrogen and oxygen atoms in total. The molecular weight excluding hydrogens is 291 g/mol. The van der Waals surface area contributed by atoms with Crippen molar-refractivity contribution in [2.75, 3.05) is 0 Å². The molecule has 2 heterocycles. The largest absolute Gasteiger partial charge is 0.416 e. The van der Waals surface area contributed by atoms with Crippen LogP contribution in [0, 0.1) is 0 Å². The van der Waals surface area contributed by atoms with Crippen molar-refractivity contribution in [3.05, 3.63) is 53.2 Å². The molecule has 0 saturated heterocycles. The Bertz CT molecular complexity index is 780. The van der Waals surface area contributed by atoms with Gasteiger partial charge in [-0.25, -0.2) is 0 Å². The average Bonchev–Trinajstić information content (AvgIpc) is 2.80. The molecule has 3 rings (SSSR count). The van der Waals surface area contributed by atoms with Gasteiger partial charge < -0.3 is 0 Å². The number of fused-ring (bicyclic) bond motifs is 1. The molecule has 0 spiro atoms. The van der Waals surface area contributed by atoms with E-state index in [0.717, 1.165) is 12.1 Å². The maximum atomic E-state index is 12.7. The number of hydrogen-bond acceptors (Lipinski definition) is 2. The summed E-state index contributed by atoms with van der Waals surface area (Å²) in [6.45, 7) is 0. The molecule has 0 unspecified atom stereocenters. The minimum Gasteiger partial charge on any atom is -0.282 e. The quantitative estimate of drug-likeness (QED) is 0.678. The summed E-state index contributed by atoms with van der Waals surface area (Å²) in [7, 11) is 0. The highest BCUT2D eigenvalue weighted by molar-refractivity contribution is 6.30. The Morgan fingerprint density at radius 2 is 1.85 bits per heavy atom. The van der Waals surface area contributed by atoms with E-state index in [-0.39, 0.29) is 0 Å². The van der Waals surface area contributed by atoms with Crippen LogP contribution in [-0.2, 0) is 6.18 Å². The maximum Gasteiger partial charge on any atom is 0.416 e. The summed E-state index contributed by atoms with van der Waals surface area (Å²) < 4.78 is 39.7. The van der Waals surface area contributed by atoms with E-state index in [4.69, 9.17) is 11.6 Å². The van der Waals surface area contributed by atoms with Gasteiger partial charge in [0.25, 0.3) is 0 Å². The summed E-state index contributed by atoms with van der Waals surface area (Å²) in [5.74, 6) is 0.336. The van der Waals surface area contributed by atoms with Crippen molar-refractivity contribution in [3.8, 4) is 11.4 Å². The molecule has 0 saturated carbocycles. The summed E-state index contributed by atoms with van der Waals surface area (Å²) in [5.41, 5.74) is 0.0975. The summed E-state index contributed by atoms with van der Waals surface area (Å²) >= 11 is 5.83. The SMILES string of the molecule is FC(F)(F)c1cccc(-c2nnc3cc(Cl)ccn23)c1. The zero-order valence-electron chi connectivity index (χ0n) is 9.89. The van der Waals surface area contributed by atoms with Gasteiger partial charge in [-0.3, -0.25) is 4.40 Å². The smallest absolute Gasteiger partial charge is 0.282 e. The van der Waals surface area contributed by atoms with Crippen LogP contribution in [0.4, 0.5) is 13.2 Å². The molecule has 0 amide bonds. The van der Waals surface area contributed by atoms with E-state index in [1.54, 1.807) is 28.8 Å². The molecule has 0 fully saturated rings. The first-order chi connectivity index (χ1) is 9.45. The third-order valence-electron chi connectivity index (χ3n) is 2.82. The molecule has 20 heavy (non-hydrogen) atoms. The van der Waals surface area contributed by atoms with Gasteiger partial charge in [-0.2, -0.15) is 13.2 Å². The number of aromatic nitrogens is 3. The standard InChI is InChI=1S/C13H7ClF3N3/c14-10-4-5-20-11(7-10)18-19-12(20)8-2-1-3-9(6-8)13(15,16)17/h1-7H. The fourth-order valence-electron chi connectivity index (χ4n) is 1.90. The van der Waals surface area contributed by atoms with E-state index < -0.39 is 11.7 Å². The van der Waals surface area contributed by atoms with E-state index in [9.17, 15) is 13.2 Å². The summed E-state index contributed by atoms with van der Waals surface area (Å²) in [4.78, 5) is 0. The third-order valence-corrected chi connectivity index (χ3v) is 3.06. The van der Waals surface area contributed by atoms with Crippen LogP contribution in [-0.4, -0.2) is 14.6 Å². The van der Waals surface area contributed by atoms with Crippen molar-refractivity contribution in [1.29, 1.82) is 0 Å². The predicted molar refractivity (Wildman–Crippen MR) is 68.4 cm³/mol. The molecule has 0 aliphatic rings. The number of hydrogen-bond donors (Lipinski definition) is 0. The lowest BCUT2D eigenvalue weighted by molar-refractivity contribution is -0.137. The monoisotopic (exact) mass is 297 g/mol. The van der Waals surface area contributed by atoms with E-state index in [0.29, 0.717) is 22.1 Å². The van der Waals surface area contributed by atoms with Gasteiger partial charge in [-0.1, -0.05) is 23.7 Å². The van der Waals surface area contributed by atoms with Crippen LogP contribution in [0.25, 0.3) is 17.0 Å². The highest BCUT2D eigenvalue weighted by atomic mass is 35.5. The van der Waals surface area contributed by atoms with Gasteiger partial charge in [0.2, 0.25) is 0 Å². The zero-order valence-corrected chi connectivity index (χ0v) is 10.7. The van der Waals surface area contributed by atoms with Crippen LogP contribution < -0.4 is 0 Å². The first kappa shape index (κ1) is 12.9. The van der Waals surface area contributed by atoms with Gasteiger partial charge in [-0.05, 0) is 18.2 Å². The summed E-state index contributed by atoms with van der Waals surface area (Å²) in [5, 5.41) is 8.30. The maximum absolute atomic E-state index is 12.7. The highest BCUT2D eigenvalue weighted by Crippen LogP contribution is 2.31. The van der Waals surface area contributed by atoms with Crippen molar-refractivity contribution < 1.29 is 13.2 Å². The molecule has 0 radical (unpaired) electrons. The molecule has 2 aromatic heterocycles. The molecule has 102 valence electrons. The van der Waals surface area contributed by atoms with Crippen LogP contribution in [0.3, 0.4) is 0 Å². The van der Waals surface area contributed by atoms with Gasteiger partial charge in [-0.15, -0.1) is 10.2 Å². The lowest BCUT2D eigenvalue weighted by atomic mass is 10.1. The van der Waals surface area contributed by atoms with Crippen molar-refractivity contribution in [2.45, 2.75) is 6.18 Å². The predicted octanol–water partition coefficient (Wildman–Crippen LogP) is 4.07. The van der Waals surface area contributed by atoms with Crippen molar-refractivity contribution in [3.63, 3.8) is 0 Å². The Hall–Kier alpha value is -2.08. The Labute approximate surface area is 116 Å². The lowest BCUT2D eigenvalue weighted by Gasteiger charge is -2.07. The van der Waals surface area contributed by atoms with Crippen LogP contribution in [0.5, 0.6) is 0 Å². The molecule has 3 aromatic rings. The normalized spacial score (nSPS) is 12.0. The fourth-order valence-corrected chi connectivity index (χ4v) is 2.05. The second-order valence-electron chi connectivity index (χ2n) is 4.18. The van der Waals surface area contributed by atoms with E-state index in [1.807, 2.05) is 0 Å². The number of pyridine rings is 1. The Balaban J connectivity index is 2.16. The first-order valence-electron chi connectivity index (χ1n) is 5.63. The summed E-state index contributed by atoms with van der Waals surface area (Å²) in [6, 6.07) is 8.17. The minimum atomic E-state index is -4.39. The molecule has 1 aromatic carbocycles. The number of rotatable bonds is 1.